The van der Waals surface area contributed by atoms with E-state index in [0.717, 1.165) is 6.42 Å². The van der Waals surface area contributed by atoms with Gasteiger partial charge in [0.15, 0.2) is 0 Å². The Kier molecular flexibility index (Phi) is 3.82. The molecule has 56 valence electrons. The Hall–Kier alpha value is -0.0800. The van der Waals surface area contributed by atoms with Gasteiger partial charge in [0.25, 0.3) is 0 Å². The molecule has 0 rings (SSSR count). The first-order valence-electron chi connectivity index (χ1n) is 3.28. The van der Waals surface area contributed by atoms with Crippen molar-refractivity contribution in [1.82, 2.24) is 0 Å². The van der Waals surface area contributed by atoms with Crippen LogP contribution in [0.1, 0.15) is 27.2 Å². The van der Waals surface area contributed by atoms with Crippen LogP contribution in [0.15, 0.2) is 0 Å². The summed E-state index contributed by atoms with van der Waals surface area (Å²) in [5.74, 6) is 0. The van der Waals surface area contributed by atoms with Crippen LogP contribution in [0.4, 0.5) is 0 Å². The molecule has 0 bridgehead atoms. The van der Waals surface area contributed by atoms with E-state index >= 15 is 0 Å². The van der Waals surface area contributed by atoms with Gasteiger partial charge in [0.2, 0.25) is 0 Å². The maximum absolute atomic E-state index is 4.79. The molecule has 0 N–H and O–H groups in total. The Morgan fingerprint density at radius 3 is 2.22 bits per heavy atom. The van der Waals surface area contributed by atoms with Gasteiger partial charge in [-0.1, -0.05) is 20.8 Å². The average molecular weight is 132 g/mol. The third kappa shape index (κ3) is 4.43. The van der Waals surface area contributed by atoms with E-state index in [-0.39, 0.29) is 5.41 Å². The summed E-state index contributed by atoms with van der Waals surface area (Å²) >= 11 is 0. The molecule has 0 aromatic heterocycles. The second-order valence-electron chi connectivity index (χ2n) is 2.95. The third-order valence-corrected chi connectivity index (χ3v) is 1.52. The van der Waals surface area contributed by atoms with Crippen molar-refractivity contribution >= 4 is 0 Å². The van der Waals surface area contributed by atoms with E-state index in [1.807, 2.05) is 0 Å². The molecule has 0 radical (unpaired) electrons. The van der Waals surface area contributed by atoms with Crippen LogP contribution < -0.4 is 0 Å². The lowest BCUT2D eigenvalue weighted by molar-refractivity contribution is -0.287. The highest BCUT2D eigenvalue weighted by Gasteiger charge is 2.14. The highest BCUT2D eigenvalue weighted by Crippen LogP contribution is 2.19. The number of hydrogen-bond donors (Lipinski definition) is 0. The van der Waals surface area contributed by atoms with E-state index < -0.39 is 0 Å². The van der Waals surface area contributed by atoms with Crippen LogP contribution in [0.25, 0.3) is 0 Å². The molecule has 0 heterocycles. The maximum Gasteiger partial charge on any atom is 0.0873 e. The van der Waals surface area contributed by atoms with E-state index in [1.165, 1.54) is 7.11 Å². The van der Waals surface area contributed by atoms with Gasteiger partial charge in [-0.2, -0.15) is 0 Å². The summed E-state index contributed by atoms with van der Waals surface area (Å²) in [6.07, 6.45) is 1.11. The van der Waals surface area contributed by atoms with E-state index in [0.29, 0.717) is 6.61 Å². The lowest BCUT2D eigenvalue weighted by atomic mass is 9.92. The minimum atomic E-state index is 0.246. The fraction of sp³-hybridized carbons (Fsp3) is 1.00. The largest absolute Gasteiger partial charge is 0.240 e. The lowest BCUT2D eigenvalue weighted by Gasteiger charge is -2.20. The molecular weight excluding hydrogens is 116 g/mol. The van der Waals surface area contributed by atoms with Crippen LogP contribution >= 0.6 is 0 Å². The molecule has 0 unspecified atom stereocenters. The first kappa shape index (κ1) is 8.92. The summed E-state index contributed by atoms with van der Waals surface area (Å²) in [4.78, 5) is 9.27. The van der Waals surface area contributed by atoms with Crippen LogP contribution in [0.5, 0.6) is 0 Å². The Labute approximate surface area is 57.1 Å². The molecule has 0 saturated carbocycles. The fourth-order valence-corrected chi connectivity index (χ4v) is 0.321. The molecule has 0 saturated heterocycles. The summed E-state index contributed by atoms with van der Waals surface area (Å²) in [6, 6.07) is 0. The quantitative estimate of drug-likeness (QED) is 0.430. The van der Waals surface area contributed by atoms with Crippen molar-refractivity contribution in [3.63, 3.8) is 0 Å². The molecule has 0 amide bonds. The van der Waals surface area contributed by atoms with E-state index in [4.69, 9.17) is 4.89 Å². The highest BCUT2D eigenvalue weighted by atomic mass is 17.2. The molecule has 9 heavy (non-hydrogen) atoms. The van der Waals surface area contributed by atoms with Gasteiger partial charge in [-0.3, -0.25) is 0 Å². The van der Waals surface area contributed by atoms with Gasteiger partial charge in [0, 0.05) is 0 Å². The molecule has 0 aliphatic rings. The zero-order chi connectivity index (χ0) is 7.33. The molecule has 2 nitrogen and oxygen atoms in total. The topological polar surface area (TPSA) is 18.5 Å². The van der Waals surface area contributed by atoms with Crippen molar-refractivity contribution in [2.24, 2.45) is 5.41 Å². The molecular formula is C7H16O2. The monoisotopic (exact) mass is 132 g/mol. The molecule has 2 heteroatoms. The summed E-state index contributed by atoms with van der Waals surface area (Å²) in [5.41, 5.74) is 0.246. The van der Waals surface area contributed by atoms with Crippen LogP contribution in [0, 0.1) is 5.41 Å². The van der Waals surface area contributed by atoms with Crippen molar-refractivity contribution in [2.75, 3.05) is 13.7 Å². The zero-order valence-electron chi connectivity index (χ0n) is 6.73. The standard InChI is InChI=1S/C7H16O2/c1-5-7(2,3)6-9-8-4/h5-6H2,1-4H3. The normalized spacial score (nSPS) is 12.0. The zero-order valence-corrected chi connectivity index (χ0v) is 6.73. The Balaban J connectivity index is 3.33. The molecule has 0 aliphatic heterocycles. The van der Waals surface area contributed by atoms with Crippen LogP contribution in [-0.2, 0) is 9.78 Å². The predicted octanol–water partition coefficient (Wildman–Crippen LogP) is 2.00. The molecule has 0 spiro atoms. The number of hydrogen-bond acceptors (Lipinski definition) is 2. The minimum absolute atomic E-state index is 0.246. The average Bonchev–Trinajstić information content (AvgIpc) is 1.84. The van der Waals surface area contributed by atoms with E-state index in [9.17, 15) is 0 Å². The van der Waals surface area contributed by atoms with Crippen molar-refractivity contribution in [3.8, 4) is 0 Å². The van der Waals surface area contributed by atoms with Crippen molar-refractivity contribution < 1.29 is 9.78 Å². The van der Waals surface area contributed by atoms with Gasteiger partial charge in [-0.05, 0) is 11.8 Å². The van der Waals surface area contributed by atoms with Crippen LogP contribution in [0.2, 0.25) is 0 Å². The van der Waals surface area contributed by atoms with Gasteiger partial charge < -0.3 is 0 Å². The summed E-state index contributed by atoms with van der Waals surface area (Å²) in [6.45, 7) is 7.09. The van der Waals surface area contributed by atoms with Gasteiger partial charge in [0.1, 0.15) is 0 Å². The summed E-state index contributed by atoms with van der Waals surface area (Å²) in [7, 11) is 1.53. The van der Waals surface area contributed by atoms with Crippen molar-refractivity contribution in [1.29, 1.82) is 0 Å². The van der Waals surface area contributed by atoms with Crippen LogP contribution in [-0.4, -0.2) is 13.7 Å². The third-order valence-electron chi connectivity index (χ3n) is 1.52. The summed E-state index contributed by atoms with van der Waals surface area (Å²) < 4.78 is 0. The van der Waals surface area contributed by atoms with Gasteiger partial charge in [0.05, 0.1) is 13.7 Å². The Morgan fingerprint density at radius 2 is 1.89 bits per heavy atom. The van der Waals surface area contributed by atoms with Crippen molar-refractivity contribution in [3.05, 3.63) is 0 Å². The van der Waals surface area contributed by atoms with Gasteiger partial charge >= 0.3 is 0 Å². The smallest absolute Gasteiger partial charge is 0.0873 e. The second kappa shape index (κ2) is 3.85. The van der Waals surface area contributed by atoms with Crippen molar-refractivity contribution in [2.45, 2.75) is 27.2 Å². The first-order valence-corrected chi connectivity index (χ1v) is 3.28. The van der Waals surface area contributed by atoms with Crippen LogP contribution in [0.3, 0.4) is 0 Å². The van der Waals surface area contributed by atoms with E-state index in [2.05, 4.69) is 25.7 Å². The molecule has 0 fully saturated rings. The molecule has 0 atom stereocenters. The second-order valence-corrected chi connectivity index (χ2v) is 2.95. The predicted molar refractivity (Wildman–Crippen MR) is 37.0 cm³/mol. The molecule has 0 aliphatic carbocycles. The SMILES string of the molecule is CCC(C)(C)COOC. The lowest BCUT2D eigenvalue weighted by Crippen LogP contribution is -2.17. The summed E-state index contributed by atoms with van der Waals surface area (Å²) in [5, 5.41) is 0. The molecule has 0 aromatic rings. The van der Waals surface area contributed by atoms with Gasteiger partial charge in [-0.15, -0.1) is 0 Å². The highest BCUT2D eigenvalue weighted by molar-refractivity contribution is 4.63. The first-order chi connectivity index (χ1) is 4.12. The Bertz CT molecular complexity index is 69.3. The van der Waals surface area contributed by atoms with Gasteiger partial charge in [-0.25, -0.2) is 9.78 Å². The maximum atomic E-state index is 4.79. The Morgan fingerprint density at radius 1 is 1.33 bits per heavy atom. The number of rotatable bonds is 4. The molecule has 0 aromatic carbocycles. The minimum Gasteiger partial charge on any atom is -0.240 e. The van der Waals surface area contributed by atoms with E-state index in [1.54, 1.807) is 0 Å². The fourth-order valence-electron chi connectivity index (χ4n) is 0.321.